The second kappa shape index (κ2) is 6.81. The van der Waals surface area contributed by atoms with Gasteiger partial charge in [-0.3, -0.25) is 4.79 Å². The fourth-order valence-corrected chi connectivity index (χ4v) is 2.39. The third-order valence-electron chi connectivity index (χ3n) is 3.46. The van der Waals surface area contributed by atoms with Crippen LogP contribution in [0.1, 0.15) is 39.2 Å². The summed E-state index contributed by atoms with van der Waals surface area (Å²) in [6.07, 6.45) is 7.71. The molecular formula is C17H23NO4. The molecule has 2 heterocycles. The zero-order chi connectivity index (χ0) is 16.2. The molecule has 22 heavy (non-hydrogen) atoms. The minimum Gasteiger partial charge on any atom is -0.472 e. The number of amides is 1. The van der Waals surface area contributed by atoms with E-state index in [9.17, 15) is 9.59 Å². The van der Waals surface area contributed by atoms with Gasteiger partial charge in [-0.15, -0.1) is 0 Å². The molecule has 5 heteroatoms. The summed E-state index contributed by atoms with van der Waals surface area (Å²) in [6.45, 7) is 6.58. The van der Waals surface area contributed by atoms with Crippen LogP contribution in [0.4, 0.5) is 4.79 Å². The van der Waals surface area contributed by atoms with E-state index in [0.717, 1.165) is 18.4 Å². The number of ketones is 1. The summed E-state index contributed by atoms with van der Waals surface area (Å²) in [6, 6.07) is 1.79. The lowest BCUT2D eigenvalue weighted by Crippen LogP contribution is -2.44. The molecule has 0 aromatic carbocycles. The third-order valence-corrected chi connectivity index (χ3v) is 3.46. The quantitative estimate of drug-likeness (QED) is 0.802. The minimum absolute atomic E-state index is 0.0365. The van der Waals surface area contributed by atoms with Gasteiger partial charge in [-0.05, 0) is 51.8 Å². The second-order valence-electron chi connectivity index (χ2n) is 6.56. The number of carbonyl (C=O) groups excluding carboxylic acids is 2. The lowest BCUT2D eigenvalue weighted by Gasteiger charge is -2.33. The van der Waals surface area contributed by atoms with E-state index in [-0.39, 0.29) is 17.8 Å². The Morgan fingerprint density at radius 3 is 2.82 bits per heavy atom. The van der Waals surface area contributed by atoms with Crippen LogP contribution in [-0.2, 0) is 9.53 Å². The molecule has 0 radical (unpaired) electrons. The van der Waals surface area contributed by atoms with E-state index in [4.69, 9.17) is 9.15 Å². The van der Waals surface area contributed by atoms with E-state index in [1.165, 1.54) is 0 Å². The molecule has 0 saturated carbocycles. The number of ether oxygens (including phenoxy) is 1. The lowest BCUT2D eigenvalue weighted by atomic mass is 9.93. The molecule has 0 aliphatic carbocycles. The molecule has 1 fully saturated rings. The Kier molecular flexibility index (Phi) is 5.06. The van der Waals surface area contributed by atoms with Gasteiger partial charge in [0.05, 0.1) is 12.5 Å². The summed E-state index contributed by atoms with van der Waals surface area (Å²) in [4.78, 5) is 26.0. The van der Waals surface area contributed by atoms with Gasteiger partial charge in [0.2, 0.25) is 0 Å². The highest BCUT2D eigenvalue weighted by atomic mass is 16.6. The number of allylic oxidation sites excluding steroid dienone is 1. The first-order chi connectivity index (χ1) is 10.3. The van der Waals surface area contributed by atoms with Crippen molar-refractivity contribution in [3.8, 4) is 0 Å². The number of hydrogen-bond acceptors (Lipinski definition) is 4. The maximum atomic E-state index is 12.3. The number of hydrogen-bond donors (Lipinski definition) is 0. The molecule has 1 aromatic heterocycles. The number of carbonyl (C=O) groups is 2. The number of nitrogens with zero attached hydrogens (tertiary/aromatic N) is 1. The zero-order valence-corrected chi connectivity index (χ0v) is 13.4. The maximum absolute atomic E-state index is 12.3. The van der Waals surface area contributed by atoms with Crippen LogP contribution >= 0.6 is 0 Å². The van der Waals surface area contributed by atoms with E-state index < -0.39 is 5.60 Å². The number of furan rings is 1. The topological polar surface area (TPSA) is 59.8 Å². The van der Waals surface area contributed by atoms with Gasteiger partial charge in [-0.1, -0.05) is 0 Å². The maximum Gasteiger partial charge on any atom is 0.410 e. The van der Waals surface area contributed by atoms with Crippen molar-refractivity contribution in [2.45, 2.75) is 39.2 Å². The summed E-state index contributed by atoms with van der Waals surface area (Å²) in [7, 11) is 0. The monoisotopic (exact) mass is 305 g/mol. The minimum atomic E-state index is -0.519. The molecule has 1 unspecified atom stereocenters. The molecule has 0 N–H and O–H groups in total. The highest BCUT2D eigenvalue weighted by Gasteiger charge is 2.29. The van der Waals surface area contributed by atoms with Crippen LogP contribution in [0.2, 0.25) is 0 Å². The molecule has 1 aliphatic heterocycles. The normalized spacial score (nSPS) is 19.4. The number of rotatable bonds is 3. The van der Waals surface area contributed by atoms with Crippen molar-refractivity contribution >= 4 is 18.0 Å². The second-order valence-corrected chi connectivity index (χ2v) is 6.56. The first-order valence-corrected chi connectivity index (χ1v) is 7.57. The zero-order valence-electron chi connectivity index (χ0n) is 13.4. The Morgan fingerprint density at radius 2 is 2.18 bits per heavy atom. The van der Waals surface area contributed by atoms with Crippen molar-refractivity contribution in [3.63, 3.8) is 0 Å². The predicted molar refractivity (Wildman–Crippen MR) is 83.3 cm³/mol. The van der Waals surface area contributed by atoms with E-state index >= 15 is 0 Å². The SMILES string of the molecule is CC(C)(C)OC(=O)N1CCCC(C(=O)/C=C/c2ccoc2)C1. The molecule has 1 saturated heterocycles. The Morgan fingerprint density at radius 1 is 1.41 bits per heavy atom. The molecule has 1 aromatic rings. The summed E-state index contributed by atoms with van der Waals surface area (Å²) in [5, 5.41) is 0. The highest BCUT2D eigenvalue weighted by molar-refractivity contribution is 5.95. The molecule has 120 valence electrons. The summed E-state index contributed by atoms with van der Waals surface area (Å²) < 4.78 is 10.3. The average molecular weight is 305 g/mol. The van der Waals surface area contributed by atoms with Gasteiger partial charge < -0.3 is 14.1 Å². The summed E-state index contributed by atoms with van der Waals surface area (Å²) in [5.74, 6) is -0.126. The van der Waals surface area contributed by atoms with Gasteiger partial charge in [0, 0.05) is 24.6 Å². The molecule has 0 bridgehead atoms. The molecule has 0 spiro atoms. The Bertz CT molecular complexity index is 540. The predicted octanol–water partition coefficient (Wildman–Crippen LogP) is 3.51. The molecule has 1 amide bonds. The fraction of sp³-hybridized carbons (Fsp3) is 0.529. The number of likely N-dealkylation sites (tertiary alicyclic amines) is 1. The van der Waals surface area contributed by atoms with Crippen molar-refractivity contribution in [3.05, 3.63) is 30.2 Å². The standard InChI is InChI=1S/C17H23NO4/c1-17(2,3)22-16(20)18-9-4-5-14(11-18)15(19)7-6-13-8-10-21-12-13/h6-8,10,12,14H,4-5,9,11H2,1-3H3/b7-6+. The van der Waals surface area contributed by atoms with E-state index in [1.54, 1.807) is 35.6 Å². The van der Waals surface area contributed by atoms with Gasteiger partial charge in [0.15, 0.2) is 5.78 Å². The van der Waals surface area contributed by atoms with E-state index in [0.29, 0.717) is 13.1 Å². The van der Waals surface area contributed by atoms with Gasteiger partial charge in [-0.25, -0.2) is 4.79 Å². The van der Waals surface area contributed by atoms with Crippen molar-refractivity contribution in [1.29, 1.82) is 0 Å². The van der Waals surface area contributed by atoms with Crippen LogP contribution in [0.5, 0.6) is 0 Å². The van der Waals surface area contributed by atoms with Crippen LogP contribution in [-0.4, -0.2) is 35.5 Å². The van der Waals surface area contributed by atoms with E-state index in [1.807, 2.05) is 20.8 Å². The van der Waals surface area contributed by atoms with Crippen molar-refractivity contribution in [2.75, 3.05) is 13.1 Å². The first-order valence-electron chi connectivity index (χ1n) is 7.57. The van der Waals surface area contributed by atoms with Crippen LogP contribution in [0.15, 0.2) is 29.1 Å². The fourth-order valence-electron chi connectivity index (χ4n) is 2.39. The Hall–Kier alpha value is -2.04. The van der Waals surface area contributed by atoms with Gasteiger partial charge in [-0.2, -0.15) is 0 Å². The molecule has 2 rings (SSSR count). The molecule has 1 aliphatic rings. The van der Waals surface area contributed by atoms with Gasteiger partial charge in [0.25, 0.3) is 0 Å². The highest BCUT2D eigenvalue weighted by Crippen LogP contribution is 2.20. The summed E-state index contributed by atoms with van der Waals surface area (Å²) in [5.41, 5.74) is 0.336. The average Bonchev–Trinajstić information content (AvgIpc) is 2.96. The van der Waals surface area contributed by atoms with Gasteiger partial charge in [0.1, 0.15) is 5.60 Å². The molecule has 5 nitrogen and oxygen atoms in total. The van der Waals surface area contributed by atoms with Crippen LogP contribution in [0, 0.1) is 5.92 Å². The summed E-state index contributed by atoms with van der Waals surface area (Å²) >= 11 is 0. The Balaban J connectivity index is 1.92. The van der Waals surface area contributed by atoms with Crippen molar-refractivity contribution < 1.29 is 18.7 Å². The first kappa shape index (κ1) is 16.3. The van der Waals surface area contributed by atoms with Crippen LogP contribution < -0.4 is 0 Å². The third kappa shape index (κ3) is 4.76. The number of piperidine rings is 1. The Labute approximate surface area is 130 Å². The molecular weight excluding hydrogens is 282 g/mol. The van der Waals surface area contributed by atoms with Crippen molar-refractivity contribution in [2.24, 2.45) is 5.92 Å². The molecule has 1 atom stereocenters. The van der Waals surface area contributed by atoms with Crippen LogP contribution in [0.25, 0.3) is 6.08 Å². The van der Waals surface area contributed by atoms with E-state index in [2.05, 4.69) is 0 Å². The smallest absolute Gasteiger partial charge is 0.410 e. The largest absolute Gasteiger partial charge is 0.472 e. The van der Waals surface area contributed by atoms with Crippen molar-refractivity contribution in [1.82, 2.24) is 4.90 Å². The lowest BCUT2D eigenvalue weighted by molar-refractivity contribution is -0.119. The van der Waals surface area contributed by atoms with Crippen LogP contribution in [0.3, 0.4) is 0 Å². The van der Waals surface area contributed by atoms with Gasteiger partial charge >= 0.3 is 6.09 Å².